The van der Waals surface area contributed by atoms with E-state index in [1.807, 2.05) is 12.1 Å². The van der Waals surface area contributed by atoms with Gasteiger partial charge in [-0.3, -0.25) is 20.4 Å². The van der Waals surface area contributed by atoms with Gasteiger partial charge in [0.1, 0.15) is 18.2 Å². The summed E-state index contributed by atoms with van der Waals surface area (Å²) in [6.07, 6.45) is 0. The van der Waals surface area contributed by atoms with Gasteiger partial charge >= 0.3 is 0 Å². The highest BCUT2D eigenvalue weighted by atomic mass is 35.5. The zero-order chi connectivity index (χ0) is 19.9. The molecule has 2 N–H and O–H groups in total. The molecule has 0 unspecified atom stereocenters. The van der Waals surface area contributed by atoms with Gasteiger partial charge in [0.05, 0.1) is 5.56 Å². The van der Waals surface area contributed by atoms with Crippen LogP contribution < -0.4 is 15.6 Å². The molecule has 5 nitrogen and oxygen atoms in total. The van der Waals surface area contributed by atoms with E-state index in [9.17, 15) is 14.0 Å². The minimum absolute atomic E-state index is 0.217. The van der Waals surface area contributed by atoms with Crippen LogP contribution in [0.4, 0.5) is 4.39 Å². The van der Waals surface area contributed by atoms with Gasteiger partial charge in [0.25, 0.3) is 11.8 Å². The number of nitrogens with one attached hydrogen (secondary N) is 2. The van der Waals surface area contributed by atoms with E-state index < -0.39 is 17.6 Å². The normalized spacial score (nSPS) is 10.2. The second-order valence-electron chi connectivity index (χ2n) is 5.83. The monoisotopic (exact) mass is 398 g/mol. The van der Waals surface area contributed by atoms with Crippen molar-refractivity contribution in [3.8, 4) is 5.75 Å². The molecule has 0 aromatic heterocycles. The molecule has 0 aliphatic carbocycles. The average molecular weight is 399 g/mol. The molecule has 0 heterocycles. The van der Waals surface area contributed by atoms with Crippen LogP contribution in [0, 0.1) is 5.82 Å². The van der Waals surface area contributed by atoms with Crippen LogP contribution in [0.5, 0.6) is 5.75 Å². The Morgan fingerprint density at radius 3 is 2.21 bits per heavy atom. The molecule has 28 heavy (non-hydrogen) atoms. The van der Waals surface area contributed by atoms with Gasteiger partial charge in [-0.1, -0.05) is 35.9 Å². The number of hydrogen-bond acceptors (Lipinski definition) is 3. The van der Waals surface area contributed by atoms with Crippen LogP contribution in [0.1, 0.15) is 26.3 Å². The summed E-state index contributed by atoms with van der Waals surface area (Å²) in [5.41, 5.74) is 5.99. The summed E-state index contributed by atoms with van der Waals surface area (Å²) in [6.45, 7) is 0.253. The summed E-state index contributed by atoms with van der Waals surface area (Å²) in [5, 5.41) is 0.625. The topological polar surface area (TPSA) is 67.4 Å². The molecule has 0 fully saturated rings. The lowest BCUT2D eigenvalue weighted by atomic mass is 10.2. The molecule has 0 aliphatic rings. The Balaban J connectivity index is 1.62. The Morgan fingerprint density at radius 1 is 0.857 bits per heavy atom. The van der Waals surface area contributed by atoms with E-state index in [-0.39, 0.29) is 17.7 Å². The maximum atomic E-state index is 12.9. The van der Waals surface area contributed by atoms with Gasteiger partial charge in [-0.2, -0.15) is 0 Å². The van der Waals surface area contributed by atoms with E-state index >= 15 is 0 Å². The van der Waals surface area contributed by atoms with E-state index in [4.69, 9.17) is 16.3 Å². The zero-order valence-corrected chi connectivity index (χ0v) is 15.4. The fraction of sp³-hybridized carbons (Fsp3) is 0.0476. The molecule has 2 amide bonds. The van der Waals surface area contributed by atoms with Crippen molar-refractivity contribution in [3.05, 3.63) is 100 Å². The van der Waals surface area contributed by atoms with Crippen molar-refractivity contribution in [2.45, 2.75) is 6.61 Å². The van der Waals surface area contributed by atoms with Gasteiger partial charge in [-0.25, -0.2) is 4.39 Å². The third kappa shape index (κ3) is 5.08. The van der Waals surface area contributed by atoms with Crippen LogP contribution in [-0.2, 0) is 6.61 Å². The molecule has 3 aromatic carbocycles. The molecule has 0 saturated carbocycles. The van der Waals surface area contributed by atoms with Crippen molar-refractivity contribution in [2.75, 3.05) is 0 Å². The molecule has 3 rings (SSSR count). The maximum absolute atomic E-state index is 12.9. The fourth-order valence-electron chi connectivity index (χ4n) is 2.38. The standard InChI is InChI=1S/C21H16ClFN2O3/c22-16-9-5-14(6-10-16)13-28-19-4-2-1-3-18(19)21(27)25-24-20(26)15-7-11-17(23)12-8-15/h1-12H,13H2,(H,24,26)(H,25,27). The van der Waals surface area contributed by atoms with Crippen molar-refractivity contribution >= 4 is 23.4 Å². The van der Waals surface area contributed by atoms with Gasteiger partial charge in [0.2, 0.25) is 0 Å². The van der Waals surface area contributed by atoms with E-state index in [1.54, 1.807) is 36.4 Å². The van der Waals surface area contributed by atoms with Gasteiger partial charge in [0, 0.05) is 10.6 Å². The highest BCUT2D eigenvalue weighted by molar-refractivity contribution is 6.30. The van der Waals surface area contributed by atoms with Crippen molar-refractivity contribution in [3.63, 3.8) is 0 Å². The molecular formula is C21H16ClFN2O3. The van der Waals surface area contributed by atoms with Crippen LogP contribution in [-0.4, -0.2) is 11.8 Å². The molecule has 0 aliphatic heterocycles. The molecule has 0 saturated heterocycles. The number of rotatable bonds is 5. The van der Waals surface area contributed by atoms with Crippen molar-refractivity contribution < 1.29 is 18.7 Å². The molecule has 0 radical (unpaired) electrons. The number of para-hydroxylation sites is 1. The minimum atomic E-state index is -0.562. The van der Waals surface area contributed by atoms with Gasteiger partial charge < -0.3 is 4.74 Å². The Kier molecular flexibility index (Phi) is 6.24. The highest BCUT2D eigenvalue weighted by Crippen LogP contribution is 2.20. The zero-order valence-electron chi connectivity index (χ0n) is 14.6. The first-order chi connectivity index (χ1) is 13.5. The predicted molar refractivity (Wildman–Crippen MR) is 104 cm³/mol. The molecular weight excluding hydrogens is 383 g/mol. The first-order valence-electron chi connectivity index (χ1n) is 8.35. The number of carbonyl (C=O) groups excluding carboxylic acids is 2. The van der Waals surface area contributed by atoms with Gasteiger partial charge in [0.15, 0.2) is 0 Å². The largest absolute Gasteiger partial charge is 0.488 e. The Labute approximate surface area is 166 Å². The number of hydrazine groups is 1. The third-order valence-corrected chi connectivity index (χ3v) is 4.09. The maximum Gasteiger partial charge on any atom is 0.273 e. The van der Waals surface area contributed by atoms with Gasteiger partial charge in [-0.15, -0.1) is 0 Å². The quantitative estimate of drug-likeness (QED) is 0.635. The number of ether oxygens (including phenoxy) is 1. The Hall–Kier alpha value is -3.38. The summed E-state index contributed by atoms with van der Waals surface area (Å²) in [6, 6.07) is 18.8. The molecule has 0 spiro atoms. The number of halogens is 2. The van der Waals surface area contributed by atoms with E-state index in [0.29, 0.717) is 10.8 Å². The summed E-state index contributed by atoms with van der Waals surface area (Å²) in [7, 11) is 0. The lowest BCUT2D eigenvalue weighted by Gasteiger charge is -2.12. The molecule has 7 heteroatoms. The fourth-order valence-corrected chi connectivity index (χ4v) is 2.50. The van der Waals surface area contributed by atoms with Crippen LogP contribution in [0.15, 0.2) is 72.8 Å². The predicted octanol–water partition coefficient (Wildman–Crippen LogP) is 4.13. The summed E-state index contributed by atoms with van der Waals surface area (Å²) in [4.78, 5) is 24.5. The minimum Gasteiger partial charge on any atom is -0.488 e. The lowest BCUT2D eigenvalue weighted by Crippen LogP contribution is -2.41. The van der Waals surface area contributed by atoms with Crippen molar-refractivity contribution in [2.24, 2.45) is 0 Å². The molecule has 142 valence electrons. The van der Waals surface area contributed by atoms with Gasteiger partial charge in [-0.05, 0) is 54.1 Å². The Bertz CT molecular complexity index is 976. The summed E-state index contributed by atoms with van der Waals surface area (Å²) in [5.74, 6) is -1.19. The van der Waals surface area contributed by atoms with Crippen LogP contribution in [0.2, 0.25) is 5.02 Å². The van der Waals surface area contributed by atoms with E-state index in [0.717, 1.165) is 17.7 Å². The second-order valence-corrected chi connectivity index (χ2v) is 6.26. The number of hydrogen-bond donors (Lipinski definition) is 2. The Morgan fingerprint density at radius 2 is 1.50 bits per heavy atom. The summed E-state index contributed by atoms with van der Waals surface area (Å²) >= 11 is 5.86. The SMILES string of the molecule is O=C(NNC(=O)c1ccccc1OCc1ccc(Cl)cc1)c1ccc(F)cc1. The van der Waals surface area contributed by atoms with E-state index in [1.165, 1.54) is 12.1 Å². The first-order valence-corrected chi connectivity index (χ1v) is 8.73. The van der Waals surface area contributed by atoms with Crippen LogP contribution in [0.25, 0.3) is 0 Å². The average Bonchev–Trinajstić information content (AvgIpc) is 2.72. The third-order valence-electron chi connectivity index (χ3n) is 3.84. The first kappa shape index (κ1) is 19.4. The van der Waals surface area contributed by atoms with Crippen LogP contribution >= 0.6 is 11.6 Å². The highest BCUT2D eigenvalue weighted by Gasteiger charge is 2.14. The number of benzene rings is 3. The van der Waals surface area contributed by atoms with Crippen LogP contribution in [0.3, 0.4) is 0 Å². The summed E-state index contributed by atoms with van der Waals surface area (Å²) < 4.78 is 18.7. The smallest absolute Gasteiger partial charge is 0.273 e. The molecule has 0 bridgehead atoms. The van der Waals surface area contributed by atoms with Crippen molar-refractivity contribution in [1.29, 1.82) is 0 Å². The van der Waals surface area contributed by atoms with Crippen molar-refractivity contribution in [1.82, 2.24) is 10.9 Å². The lowest BCUT2D eigenvalue weighted by molar-refractivity contribution is 0.0844. The number of carbonyl (C=O) groups is 2. The van der Waals surface area contributed by atoms with E-state index in [2.05, 4.69) is 10.9 Å². The molecule has 3 aromatic rings. The second kappa shape index (κ2) is 9.01. The number of amides is 2. The molecule has 0 atom stereocenters.